The van der Waals surface area contributed by atoms with Crippen molar-refractivity contribution < 1.29 is 19.0 Å². The zero-order valence-electron chi connectivity index (χ0n) is 17.4. The monoisotopic (exact) mass is 397 g/mol. The largest absolute Gasteiger partial charge is 0.496 e. The van der Waals surface area contributed by atoms with Gasteiger partial charge < -0.3 is 19.5 Å². The summed E-state index contributed by atoms with van der Waals surface area (Å²) in [7, 11) is 4.73. The number of hydrogen-bond acceptors (Lipinski definition) is 5. The van der Waals surface area contributed by atoms with Crippen molar-refractivity contribution in [1.29, 1.82) is 0 Å². The molecule has 0 fully saturated rings. The number of hydrogen-bond donors (Lipinski definition) is 1. The van der Waals surface area contributed by atoms with Gasteiger partial charge in [-0.05, 0) is 18.6 Å². The molecule has 1 atom stereocenters. The van der Waals surface area contributed by atoms with Crippen molar-refractivity contribution >= 4 is 23.4 Å². The number of rotatable bonds is 14. The quantitative estimate of drug-likeness (QED) is 0.419. The van der Waals surface area contributed by atoms with Crippen molar-refractivity contribution in [2.75, 3.05) is 32.4 Å². The van der Waals surface area contributed by atoms with Crippen LogP contribution in [0.25, 0.3) is 0 Å². The average molecular weight is 398 g/mol. The van der Waals surface area contributed by atoms with Crippen LogP contribution in [0.1, 0.15) is 58.8 Å². The van der Waals surface area contributed by atoms with Crippen LogP contribution in [0.3, 0.4) is 0 Å². The molecule has 6 heteroatoms. The Balaban J connectivity index is 2.91. The molecular formula is C21H35NO4S. The highest BCUT2D eigenvalue weighted by Gasteiger charge is 2.22. The van der Waals surface area contributed by atoms with E-state index in [0.717, 1.165) is 31.4 Å². The first-order valence-electron chi connectivity index (χ1n) is 9.83. The van der Waals surface area contributed by atoms with E-state index in [1.807, 2.05) is 0 Å². The van der Waals surface area contributed by atoms with Crippen LogP contribution in [-0.2, 0) is 4.79 Å². The van der Waals surface area contributed by atoms with Gasteiger partial charge in [0.05, 0.1) is 26.6 Å². The second-order valence-electron chi connectivity index (χ2n) is 6.46. The molecule has 0 saturated heterocycles. The maximum absolute atomic E-state index is 13.0. The first-order valence-corrected chi connectivity index (χ1v) is 10.9. The third-order valence-electron chi connectivity index (χ3n) is 4.39. The van der Waals surface area contributed by atoms with E-state index in [1.165, 1.54) is 19.3 Å². The summed E-state index contributed by atoms with van der Waals surface area (Å²) in [6, 6.07) is 3.50. The number of nitrogens with one attached hydrogen (secondary N) is 1. The highest BCUT2D eigenvalue weighted by atomic mass is 32.2. The van der Waals surface area contributed by atoms with E-state index >= 15 is 0 Å². The molecule has 1 aromatic rings. The minimum Gasteiger partial charge on any atom is -0.496 e. The number of thioether (sulfide) groups is 1. The fraction of sp³-hybridized carbons (Fsp3) is 0.667. The summed E-state index contributed by atoms with van der Waals surface area (Å²) in [6.45, 7) is 4.37. The molecule has 1 N–H and O–H groups in total. The molecule has 1 amide bonds. The minimum atomic E-state index is -0.0649. The lowest BCUT2D eigenvalue weighted by Crippen LogP contribution is -2.26. The summed E-state index contributed by atoms with van der Waals surface area (Å²) >= 11 is 1.75. The van der Waals surface area contributed by atoms with E-state index in [4.69, 9.17) is 14.2 Å². The minimum absolute atomic E-state index is 0.00867. The van der Waals surface area contributed by atoms with Crippen molar-refractivity contribution in [3.8, 4) is 17.2 Å². The van der Waals surface area contributed by atoms with Crippen molar-refractivity contribution in [3.63, 3.8) is 0 Å². The summed E-state index contributed by atoms with van der Waals surface area (Å²) < 4.78 is 16.2. The lowest BCUT2D eigenvalue weighted by Gasteiger charge is -2.20. The van der Waals surface area contributed by atoms with Gasteiger partial charge in [0.15, 0.2) is 0 Å². The number of benzene rings is 1. The number of ether oxygens (including phenoxy) is 3. The fourth-order valence-corrected chi connectivity index (χ4v) is 4.03. The van der Waals surface area contributed by atoms with Gasteiger partial charge in [0.2, 0.25) is 5.91 Å². The van der Waals surface area contributed by atoms with Crippen LogP contribution in [0.15, 0.2) is 12.1 Å². The fourth-order valence-electron chi connectivity index (χ4n) is 2.75. The SMILES string of the molecule is CCCCCCC(SCCCC)C(=O)Nc1c(OC)cc(OC)cc1OC. The van der Waals surface area contributed by atoms with Gasteiger partial charge in [-0.3, -0.25) is 4.79 Å². The third kappa shape index (κ3) is 7.91. The van der Waals surface area contributed by atoms with E-state index in [0.29, 0.717) is 22.9 Å². The number of unbranched alkanes of at least 4 members (excludes halogenated alkanes) is 4. The Morgan fingerprint density at radius 1 is 0.963 bits per heavy atom. The van der Waals surface area contributed by atoms with Gasteiger partial charge in [-0.1, -0.05) is 46.0 Å². The molecule has 0 saturated carbocycles. The van der Waals surface area contributed by atoms with Gasteiger partial charge >= 0.3 is 0 Å². The number of carbonyl (C=O) groups is 1. The number of carbonyl (C=O) groups excluding carboxylic acids is 1. The molecule has 154 valence electrons. The smallest absolute Gasteiger partial charge is 0.237 e. The molecule has 1 aromatic carbocycles. The maximum Gasteiger partial charge on any atom is 0.237 e. The highest BCUT2D eigenvalue weighted by molar-refractivity contribution is 8.00. The van der Waals surface area contributed by atoms with Gasteiger partial charge in [-0.15, -0.1) is 11.8 Å². The molecule has 0 aromatic heterocycles. The summed E-state index contributed by atoms with van der Waals surface area (Å²) in [5.41, 5.74) is 0.556. The maximum atomic E-state index is 13.0. The van der Waals surface area contributed by atoms with Crippen LogP contribution in [-0.4, -0.2) is 38.2 Å². The molecule has 0 aliphatic rings. The molecule has 0 heterocycles. The van der Waals surface area contributed by atoms with Crippen molar-refractivity contribution in [2.45, 2.75) is 64.0 Å². The Labute approximate surface area is 168 Å². The molecule has 1 rings (SSSR count). The molecule has 27 heavy (non-hydrogen) atoms. The lowest BCUT2D eigenvalue weighted by molar-refractivity contribution is -0.115. The van der Waals surface area contributed by atoms with Gasteiger partial charge in [-0.25, -0.2) is 0 Å². The summed E-state index contributed by atoms with van der Waals surface area (Å²) in [6.07, 6.45) is 7.80. The molecule has 0 spiro atoms. The summed E-state index contributed by atoms with van der Waals surface area (Å²) in [4.78, 5) is 13.0. The molecule has 0 aliphatic carbocycles. The van der Waals surface area contributed by atoms with Crippen LogP contribution in [0.2, 0.25) is 0 Å². The zero-order valence-corrected chi connectivity index (χ0v) is 18.2. The lowest BCUT2D eigenvalue weighted by atomic mass is 10.1. The van der Waals surface area contributed by atoms with Crippen LogP contribution in [0, 0.1) is 0 Å². The molecule has 0 aliphatic heterocycles. The van der Waals surface area contributed by atoms with Crippen molar-refractivity contribution in [1.82, 2.24) is 0 Å². The van der Waals surface area contributed by atoms with Gasteiger partial charge in [-0.2, -0.15) is 0 Å². The first-order chi connectivity index (χ1) is 13.1. The normalized spacial score (nSPS) is 11.7. The molecule has 0 bridgehead atoms. The van der Waals surface area contributed by atoms with Gasteiger partial charge in [0.25, 0.3) is 0 Å². The van der Waals surface area contributed by atoms with Crippen LogP contribution in [0.5, 0.6) is 17.2 Å². The topological polar surface area (TPSA) is 56.8 Å². The van der Waals surface area contributed by atoms with Crippen molar-refractivity contribution in [2.24, 2.45) is 0 Å². The average Bonchev–Trinajstić information content (AvgIpc) is 2.69. The van der Waals surface area contributed by atoms with Crippen LogP contribution < -0.4 is 19.5 Å². The molecule has 0 radical (unpaired) electrons. The van der Waals surface area contributed by atoms with E-state index < -0.39 is 0 Å². The summed E-state index contributed by atoms with van der Waals surface area (Å²) in [5, 5.41) is 2.97. The number of anilines is 1. The Morgan fingerprint density at radius 3 is 2.11 bits per heavy atom. The second kappa shape index (κ2) is 13.6. The van der Waals surface area contributed by atoms with E-state index in [1.54, 1.807) is 45.2 Å². The van der Waals surface area contributed by atoms with Crippen LogP contribution >= 0.6 is 11.8 Å². The van der Waals surface area contributed by atoms with E-state index in [-0.39, 0.29) is 11.2 Å². The Bertz CT molecular complexity index is 540. The number of methoxy groups -OCH3 is 3. The van der Waals surface area contributed by atoms with Crippen LogP contribution in [0.4, 0.5) is 5.69 Å². The Kier molecular flexibility index (Phi) is 11.8. The molecular weight excluding hydrogens is 362 g/mol. The molecule has 1 unspecified atom stereocenters. The van der Waals surface area contributed by atoms with E-state index in [2.05, 4.69) is 19.2 Å². The third-order valence-corrected chi connectivity index (χ3v) is 5.77. The summed E-state index contributed by atoms with van der Waals surface area (Å²) in [5.74, 6) is 2.69. The van der Waals surface area contributed by atoms with Gasteiger partial charge in [0.1, 0.15) is 22.9 Å². The highest BCUT2D eigenvalue weighted by Crippen LogP contribution is 2.39. The predicted molar refractivity (Wildman–Crippen MR) is 115 cm³/mol. The Hall–Kier alpha value is -1.56. The van der Waals surface area contributed by atoms with E-state index in [9.17, 15) is 4.79 Å². The standard InChI is InChI=1S/C21H35NO4S/c1-6-8-10-11-12-19(27-13-9-7-2)21(23)22-20-17(25-4)14-16(24-3)15-18(20)26-5/h14-15,19H,6-13H2,1-5H3,(H,22,23). The second-order valence-corrected chi connectivity index (χ2v) is 7.77. The number of amides is 1. The van der Waals surface area contributed by atoms with Crippen molar-refractivity contribution in [3.05, 3.63) is 12.1 Å². The Morgan fingerprint density at radius 2 is 1.59 bits per heavy atom. The van der Waals surface area contributed by atoms with Gasteiger partial charge in [0, 0.05) is 12.1 Å². The predicted octanol–water partition coefficient (Wildman–Crippen LogP) is 5.52. The molecule has 5 nitrogen and oxygen atoms in total. The zero-order chi connectivity index (χ0) is 20.1. The first kappa shape index (κ1) is 23.5.